The summed E-state index contributed by atoms with van der Waals surface area (Å²) in [5, 5.41) is 5.07. The molecule has 0 saturated carbocycles. The van der Waals surface area contributed by atoms with E-state index < -0.39 is 0 Å². The maximum atomic E-state index is 4.85. The molecule has 19 heavy (non-hydrogen) atoms. The van der Waals surface area contributed by atoms with Crippen LogP contribution in [0.5, 0.6) is 0 Å². The van der Waals surface area contributed by atoms with Crippen molar-refractivity contribution in [1.82, 2.24) is 15.2 Å². The minimum Gasteiger partial charge on any atom is -0.306 e. The van der Waals surface area contributed by atoms with Crippen LogP contribution in [-0.4, -0.2) is 36.1 Å². The first-order chi connectivity index (χ1) is 9.11. The molecule has 2 heterocycles. The number of aryl methyl sites for hydroxylation is 2. The number of rotatable bonds is 4. The number of likely N-dealkylation sites (tertiary alicyclic amines) is 1. The number of hydrogen-bond donors (Lipinski definition) is 1. The Hall–Kier alpha value is -0.450. The second kappa shape index (κ2) is 6.33. The fourth-order valence-corrected chi connectivity index (χ4v) is 4.13. The van der Waals surface area contributed by atoms with Crippen LogP contribution in [0.25, 0.3) is 0 Å². The van der Waals surface area contributed by atoms with E-state index in [0.29, 0.717) is 0 Å². The van der Waals surface area contributed by atoms with Gasteiger partial charge >= 0.3 is 0 Å². The molecule has 1 fully saturated rings. The van der Waals surface area contributed by atoms with Gasteiger partial charge in [-0.15, -0.1) is 11.3 Å². The van der Waals surface area contributed by atoms with Gasteiger partial charge in [0.25, 0.3) is 0 Å². The SMILES string of the molecule is CCNC1(c2nc(C)c(C)s2)CCCN(CC)CC1. The maximum absolute atomic E-state index is 4.85. The highest BCUT2D eigenvalue weighted by Gasteiger charge is 2.36. The van der Waals surface area contributed by atoms with Gasteiger partial charge < -0.3 is 10.2 Å². The second-order valence-electron chi connectivity index (χ2n) is 5.56. The van der Waals surface area contributed by atoms with E-state index in [-0.39, 0.29) is 5.54 Å². The molecule has 0 amide bonds. The van der Waals surface area contributed by atoms with Crippen LogP contribution in [0.1, 0.15) is 48.7 Å². The molecule has 1 aromatic heterocycles. The van der Waals surface area contributed by atoms with Gasteiger partial charge in [-0.1, -0.05) is 13.8 Å². The Bertz CT molecular complexity index is 396. The van der Waals surface area contributed by atoms with Gasteiger partial charge in [0.15, 0.2) is 0 Å². The third-order valence-electron chi connectivity index (χ3n) is 4.33. The fourth-order valence-electron chi connectivity index (χ4n) is 2.99. The zero-order valence-corrected chi connectivity index (χ0v) is 13.6. The van der Waals surface area contributed by atoms with Gasteiger partial charge in [-0.3, -0.25) is 0 Å². The first-order valence-corrected chi connectivity index (χ1v) is 8.35. The quantitative estimate of drug-likeness (QED) is 0.919. The smallest absolute Gasteiger partial charge is 0.113 e. The molecule has 0 bridgehead atoms. The van der Waals surface area contributed by atoms with Crippen molar-refractivity contribution in [2.24, 2.45) is 0 Å². The van der Waals surface area contributed by atoms with Gasteiger partial charge in [-0.05, 0) is 52.7 Å². The summed E-state index contributed by atoms with van der Waals surface area (Å²) in [4.78, 5) is 8.78. The molecular weight excluding hydrogens is 254 g/mol. The second-order valence-corrected chi connectivity index (χ2v) is 6.76. The first-order valence-electron chi connectivity index (χ1n) is 7.53. The lowest BCUT2D eigenvalue weighted by molar-refractivity contribution is 0.266. The van der Waals surface area contributed by atoms with E-state index in [4.69, 9.17) is 4.98 Å². The summed E-state index contributed by atoms with van der Waals surface area (Å²) in [6, 6.07) is 0. The molecule has 1 N–H and O–H groups in total. The van der Waals surface area contributed by atoms with Gasteiger partial charge in [0.05, 0.1) is 11.2 Å². The molecule has 1 aliphatic heterocycles. The minimum atomic E-state index is 0.113. The molecule has 1 aromatic rings. The largest absolute Gasteiger partial charge is 0.306 e. The van der Waals surface area contributed by atoms with Gasteiger partial charge in [-0.2, -0.15) is 0 Å². The van der Waals surface area contributed by atoms with Crippen molar-refractivity contribution in [3.63, 3.8) is 0 Å². The monoisotopic (exact) mass is 281 g/mol. The molecule has 0 aliphatic carbocycles. The number of nitrogens with one attached hydrogen (secondary N) is 1. The Morgan fingerprint density at radius 1 is 1.26 bits per heavy atom. The molecule has 3 nitrogen and oxygen atoms in total. The van der Waals surface area contributed by atoms with Gasteiger partial charge in [0, 0.05) is 11.4 Å². The maximum Gasteiger partial charge on any atom is 0.113 e. The average molecular weight is 281 g/mol. The van der Waals surface area contributed by atoms with Crippen molar-refractivity contribution in [2.45, 2.75) is 52.5 Å². The Labute approximate surface area is 121 Å². The normalized spacial score (nSPS) is 25.5. The number of hydrogen-bond acceptors (Lipinski definition) is 4. The number of aromatic nitrogens is 1. The predicted molar refractivity (Wildman–Crippen MR) is 82.9 cm³/mol. The lowest BCUT2D eigenvalue weighted by atomic mass is 9.91. The van der Waals surface area contributed by atoms with Crippen molar-refractivity contribution in [3.05, 3.63) is 15.6 Å². The Morgan fingerprint density at radius 3 is 2.63 bits per heavy atom. The van der Waals surface area contributed by atoms with E-state index in [9.17, 15) is 0 Å². The summed E-state index contributed by atoms with van der Waals surface area (Å²) in [7, 11) is 0. The van der Waals surface area contributed by atoms with Crippen LogP contribution in [0.4, 0.5) is 0 Å². The lowest BCUT2D eigenvalue weighted by Crippen LogP contribution is -2.43. The third kappa shape index (κ3) is 3.18. The van der Waals surface area contributed by atoms with Crippen LogP contribution in [0.15, 0.2) is 0 Å². The lowest BCUT2D eigenvalue weighted by Gasteiger charge is -2.32. The van der Waals surface area contributed by atoms with Crippen molar-refractivity contribution in [3.8, 4) is 0 Å². The standard InChI is InChI=1S/C15H27N3S/c1-5-16-15(14-17-12(3)13(4)19-14)8-7-10-18(6-2)11-9-15/h16H,5-11H2,1-4H3. The molecular formula is C15H27N3S. The molecule has 0 spiro atoms. The number of nitrogens with zero attached hydrogens (tertiary/aromatic N) is 2. The zero-order chi connectivity index (χ0) is 13.9. The Morgan fingerprint density at radius 2 is 2.05 bits per heavy atom. The van der Waals surface area contributed by atoms with Crippen LogP contribution in [0.3, 0.4) is 0 Å². The molecule has 1 aliphatic rings. The summed E-state index contributed by atoms with van der Waals surface area (Å²) >= 11 is 1.89. The molecule has 1 unspecified atom stereocenters. The van der Waals surface area contributed by atoms with Crippen LogP contribution in [0, 0.1) is 13.8 Å². The molecule has 1 atom stereocenters. The minimum absolute atomic E-state index is 0.113. The first kappa shape index (κ1) is 14.9. The third-order valence-corrected chi connectivity index (χ3v) is 5.61. The molecule has 0 radical (unpaired) electrons. The van der Waals surface area contributed by atoms with Crippen molar-refractivity contribution >= 4 is 11.3 Å². The summed E-state index contributed by atoms with van der Waals surface area (Å²) in [5.74, 6) is 0. The fraction of sp³-hybridized carbons (Fsp3) is 0.800. The highest BCUT2D eigenvalue weighted by atomic mass is 32.1. The van der Waals surface area contributed by atoms with E-state index in [0.717, 1.165) is 13.1 Å². The van der Waals surface area contributed by atoms with Gasteiger partial charge in [0.2, 0.25) is 0 Å². The topological polar surface area (TPSA) is 28.2 Å². The number of thiazole rings is 1. The molecule has 108 valence electrons. The van der Waals surface area contributed by atoms with Gasteiger partial charge in [0.1, 0.15) is 5.01 Å². The summed E-state index contributed by atoms with van der Waals surface area (Å²) < 4.78 is 0. The van der Waals surface area contributed by atoms with Crippen LogP contribution in [-0.2, 0) is 5.54 Å². The molecule has 4 heteroatoms. The van der Waals surface area contributed by atoms with Crippen molar-refractivity contribution < 1.29 is 0 Å². The highest BCUT2D eigenvalue weighted by Crippen LogP contribution is 2.36. The molecule has 2 rings (SSSR count). The van der Waals surface area contributed by atoms with E-state index in [2.05, 4.69) is 37.9 Å². The predicted octanol–water partition coefficient (Wildman–Crippen LogP) is 3.07. The van der Waals surface area contributed by atoms with Crippen molar-refractivity contribution in [1.29, 1.82) is 0 Å². The van der Waals surface area contributed by atoms with E-state index in [1.807, 2.05) is 11.3 Å². The van der Waals surface area contributed by atoms with Crippen LogP contribution >= 0.6 is 11.3 Å². The summed E-state index contributed by atoms with van der Waals surface area (Å²) in [6.07, 6.45) is 3.66. The van der Waals surface area contributed by atoms with Gasteiger partial charge in [-0.25, -0.2) is 4.98 Å². The Balaban J connectivity index is 2.26. The van der Waals surface area contributed by atoms with E-state index in [1.165, 1.54) is 47.9 Å². The molecule has 0 aromatic carbocycles. The summed E-state index contributed by atoms with van der Waals surface area (Å²) in [6.45, 7) is 13.4. The van der Waals surface area contributed by atoms with E-state index >= 15 is 0 Å². The highest BCUT2D eigenvalue weighted by molar-refractivity contribution is 7.11. The van der Waals surface area contributed by atoms with Crippen molar-refractivity contribution in [2.75, 3.05) is 26.2 Å². The summed E-state index contributed by atoms with van der Waals surface area (Å²) in [5.41, 5.74) is 1.32. The van der Waals surface area contributed by atoms with Crippen LogP contribution in [0.2, 0.25) is 0 Å². The Kier molecular flexibility index (Phi) is 4.98. The average Bonchev–Trinajstić information content (AvgIpc) is 2.64. The van der Waals surface area contributed by atoms with E-state index in [1.54, 1.807) is 0 Å². The van der Waals surface area contributed by atoms with Crippen LogP contribution < -0.4 is 5.32 Å². The zero-order valence-electron chi connectivity index (χ0n) is 12.8. The molecule has 1 saturated heterocycles.